The van der Waals surface area contributed by atoms with Gasteiger partial charge in [-0.25, -0.2) is 12.8 Å². The summed E-state index contributed by atoms with van der Waals surface area (Å²) >= 11 is 0. The third-order valence-corrected chi connectivity index (χ3v) is 5.11. The van der Waals surface area contributed by atoms with Crippen LogP contribution in [0, 0.1) is 19.7 Å². The third kappa shape index (κ3) is 3.92. The SMILES string of the molecule is CCCN(CC(N)=NO)S(=O)(=O)c1c(C)cc(F)cc1C. The molecular weight excluding hydrogens is 297 g/mol. The van der Waals surface area contributed by atoms with E-state index in [1.165, 1.54) is 26.0 Å². The molecule has 6 nitrogen and oxygen atoms in total. The number of nitrogens with zero attached hydrogens (tertiary/aromatic N) is 2. The molecule has 0 saturated carbocycles. The molecule has 0 bridgehead atoms. The average molecular weight is 317 g/mol. The van der Waals surface area contributed by atoms with E-state index in [1.54, 1.807) is 0 Å². The van der Waals surface area contributed by atoms with Crippen molar-refractivity contribution in [3.05, 3.63) is 29.1 Å². The average Bonchev–Trinajstić information content (AvgIpc) is 2.36. The molecule has 0 aliphatic carbocycles. The van der Waals surface area contributed by atoms with Crippen LogP contribution >= 0.6 is 0 Å². The zero-order valence-electron chi connectivity index (χ0n) is 12.3. The quantitative estimate of drug-likeness (QED) is 0.360. The molecule has 0 fully saturated rings. The Morgan fingerprint density at radius 2 is 1.90 bits per heavy atom. The minimum Gasteiger partial charge on any atom is -0.409 e. The van der Waals surface area contributed by atoms with Crippen molar-refractivity contribution in [1.29, 1.82) is 0 Å². The summed E-state index contributed by atoms with van der Waals surface area (Å²) < 4.78 is 39.9. The van der Waals surface area contributed by atoms with Crippen LogP contribution in [-0.4, -0.2) is 36.9 Å². The van der Waals surface area contributed by atoms with Crippen LogP contribution in [0.1, 0.15) is 24.5 Å². The smallest absolute Gasteiger partial charge is 0.244 e. The Morgan fingerprint density at radius 3 is 2.33 bits per heavy atom. The second-order valence-electron chi connectivity index (χ2n) is 4.80. The number of aryl methyl sites for hydroxylation is 2. The van der Waals surface area contributed by atoms with Crippen molar-refractivity contribution in [2.24, 2.45) is 10.9 Å². The first-order valence-electron chi connectivity index (χ1n) is 6.47. The molecule has 0 saturated heterocycles. The van der Waals surface area contributed by atoms with E-state index in [2.05, 4.69) is 5.16 Å². The fourth-order valence-electron chi connectivity index (χ4n) is 2.18. The Hall–Kier alpha value is -1.67. The molecule has 0 atom stereocenters. The van der Waals surface area contributed by atoms with E-state index in [-0.39, 0.29) is 23.8 Å². The summed E-state index contributed by atoms with van der Waals surface area (Å²) in [5.41, 5.74) is 6.07. The summed E-state index contributed by atoms with van der Waals surface area (Å²) in [4.78, 5) is 0.0584. The van der Waals surface area contributed by atoms with Gasteiger partial charge in [0.1, 0.15) is 5.82 Å². The fraction of sp³-hybridized carbons (Fsp3) is 0.462. The lowest BCUT2D eigenvalue weighted by molar-refractivity contribution is 0.314. The van der Waals surface area contributed by atoms with Gasteiger partial charge in [0.15, 0.2) is 5.84 Å². The first-order chi connectivity index (χ1) is 9.73. The lowest BCUT2D eigenvalue weighted by Gasteiger charge is -2.23. The summed E-state index contributed by atoms with van der Waals surface area (Å²) in [7, 11) is -3.85. The molecule has 0 aromatic heterocycles. The fourth-order valence-corrected chi connectivity index (χ4v) is 4.09. The van der Waals surface area contributed by atoms with Gasteiger partial charge in [-0.1, -0.05) is 12.1 Å². The number of nitrogens with two attached hydrogens (primary N) is 1. The monoisotopic (exact) mass is 317 g/mol. The Morgan fingerprint density at radius 1 is 1.38 bits per heavy atom. The topological polar surface area (TPSA) is 96.0 Å². The lowest BCUT2D eigenvalue weighted by atomic mass is 10.1. The highest BCUT2D eigenvalue weighted by Crippen LogP contribution is 2.25. The predicted octanol–water partition coefficient (Wildman–Crippen LogP) is 1.59. The van der Waals surface area contributed by atoms with Crippen molar-refractivity contribution in [3.63, 3.8) is 0 Å². The first-order valence-corrected chi connectivity index (χ1v) is 7.91. The van der Waals surface area contributed by atoms with Gasteiger partial charge >= 0.3 is 0 Å². The molecule has 0 unspecified atom stereocenters. The summed E-state index contributed by atoms with van der Waals surface area (Å²) in [6.07, 6.45) is 0.567. The van der Waals surface area contributed by atoms with E-state index < -0.39 is 15.8 Å². The molecule has 0 heterocycles. The van der Waals surface area contributed by atoms with E-state index >= 15 is 0 Å². The van der Waals surface area contributed by atoms with E-state index in [4.69, 9.17) is 10.9 Å². The lowest BCUT2D eigenvalue weighted by Crippen LogP contribution is -2.39. The summed E-state index contributed by atoms with van der Waals surface area (Å²) in [5.74, 6) is -0.688. The van der Waals surface area contributed by atoms with Crippen LogP contribution in [0.2, 0.25) is 0 Å². The number of amidine groups is 1. The predicted molar refractivity (Wildman–Crippen MR) is 78.3 cm³/mol. The number of benzene rings is 1. The van der Waals surface area contributed by atoms with Gasteiger partial charge in [-0.15, -0.1) is 0 Å². The molecule has 21 heavy (non-hydrogen) atoms. The third-order valence-electron chi connectivity index (χ3n) is 2.96. The number of hydrogen-bond acceptors (Lipinski definition) is 4. The second kappa shape index (κ2) is 6.86. The number of hydrogen-bond donors (Lipinski definition) is 2. The van der Waals surface area contributed by atoms with Gasteiger partial charge in [-0.05, 0) is 43.5 Å². The van der Waals surface area contributed by atoms with Crippen LogP contribution in [0.25, 0.3) is 0 Å². The molecule has 0 aliphatic rings. The van der Waals surface area contributed by atoms with Gasteiger partial charge in [-0.3, -0.25) is 0 Å². The summed E-state index contributed by atoms with van der Waals surface area (Å²) in [6, 6.07) is 2.35. The maximum absolute atomic E-state index is 13.3. The molecule has 3 N–H and O–H groups in total. The van der Waals surface area contributed by atoms with Crippen molar-refractivity contribution >= 4 is 15.9 Å². The molecule has 1 rings (SSSR count). The number of halogens is 1. The molecule has 0 amide bonds. The van der Waals surface area contributed by atoms with Crippen LogP contribution in [-0.2, 0) is 10.0 Å². The molecule has 0 spiro atoms. The van der Waals surface area contributed by atoms with Gasteiger partial charge in [0.25, 0.3) is 0 Å². The summed E-state index contributed by atoms with van der Waals surface area (Å²) in [6.45, 7) is 4.89. The van der Waals surface area contributed by atoms with Crippen LogP contribution in [0.4, 0.5) is 4.39 Å². The van der Waals surface area contributed by atoms with Crippen LogP contribution in [0.15, 0.2) is 22.2 Å². The van der Waals surface area contributed by atoms with E-state index in [1.807, 2.05) is 6.92 Å². The highest BCUT2D eigenvalue weighted by atomic mass is 32.2. The second-order valence-corrected chi connectivity index (χ2v) is 6.67. The molecular formula is C13H20FN3O3S. The highest BCUT2D eigenvalue weighted by Gasteiger charge is 2.28. The van der Waals surface area contributed by atoms with Gasteiger partial charge in [0, 0.05) is 6.54 Å². The zero-order valence-corrected chi connectivity index (χ0v) is 13.1. The molecule has 0 radical (unpaired) electrons. The normalized spacial score (nSPS) is 12.9. The maximum Gasteiger partial charge on any atom is 0.244 e. The van der Waals surface area contributed by atoms with Gasteiger partial charge in [0.2, 0.25) is 10.0 Å². The Labute approximate surface area is 124 Å². The number of rotatable bonds is 6. The van der Waals surface area contributed by atoms with Crippen LogP contribution < -0.4 is 5.73 Å². The molecule has 118 valence electrons. The maximum atomic E-state index is 13.3. The Kier molecular flexibility index (Phi) is 5.68. The number of sulfonamides is 1. The zero-order chi connectivity index (χ0) is 16.2. The van der Waals surface area contributed by atoms with E-state index in [9.17, 15) is 12.8 Å². The van der Waals surface area contributed by atoms with Crippen LogP contribution in [0.5, 0.6) is 0 Å². The van der Waals surface area contributed by atoms with Gasteiger partial charge in [0.05, 0.1) is 11.4 Å². The Bertz CT molecular complexity index is 621. The standard InChI is InChI=1S/C13H20FN3O3S/c1-4-5-17(8-12(15)16-18)21(19,20)13-9(2)6-11(14)7-10(13)3/h6-7,18H,4-5,8H2,1-3H3,(H2,15,16). The van der Waals surface area contributed by atoms with E-state index in [0.29, 0.717) is 17.5 Å². The minimum atomic E-state index is -3.85. The molecule has 1 aromatic carbocycles. The van der Waals surface area contributed by atoms with Crippen molar-refractivity contribution in [3.8, 4) is 0 Å². The largest absolute Gasteiger partial charge is 0.409 e. The van der Waals surface area contributed by atoms with Gasteiger partial charge in [-0.2, -0.15) is 4.31 Å². The summed E-state index contributed by atoms with van der Waals surface area (Å²) in [5, 5.41) is 11.4. The van der Waals surface area contributed by atoms with Crippen molar-refractivity contribution in [2.45, 2.75) is 32.1 Å². The van der Waals surface area contributed by atoms with Crippen molar-refractivity contribution < 1.29 is 18.0 Å². The minimum absolute atomic E-state index is 0.0584. The Balaban J connectivity index is 3.36. The molecule has 8 heteroatoms. The highest BCUT2D eigenvalue weighted by molar-refractivity contribution is 7.89. The van der Waals surface area contributed by atoms with Crippen molar-refractivity contribution in [2.75, 3.05) is 13.1 Å². The first kappa shape index (κ1) is 17.4. The van der Waals surface area contributed by atoms with E-state index in [0.717, 1.165) is 4.31 Å². The number of oxime groups is 1. The molecule has 0 aliphatic heterocycles. The van der Waals surface area contributed by atoms with Crippen molar-refractivity contribution in [1.82, 2.24) is 4.31 Å². The molecule has 1 aromatic rings. The van der Waals surface area contributed by atoms with Gasteiger partial charge < -0.3 is 10.9 Å². The van der Waals surface area contributed by atoms with Crippen LogP contribution in [0.3, 0.4) is 0 Å².